The minimum atomic E-state index is -0.131. The number of carbonyl (C=O) groups excluding carboxylic acids is 1. The average molecular weight is 218 g/mol. The molecule has 86 valence electrons. The van der Waals surface area contributed by atoms with Crippen molar-refractivity contribution in [1.29, 1.82) is 0 Å². The predicted molar refractivity (Wildman–Crippen MR) is 65.6 cm³/mol. The van der Waals surface area contributed by atoms with Crippen molar-refractivity contribution in [2.24, 2.45) is 0 Å². The van der Waals surface area contributed by atoms with E-state index in [4.69, 9.17) is 0 Å². The van der Waals surface area contributed by atoms with Gasteiger partial charge >= 0.3 is 0 Å². The van der Waals surface area contributed by atoms with Gasteiger partial charge in [-0.15, -0.1) is 0 Å². The summed E-state index contributed by atoms with van der Waals surface area (Å²) < 4.78 is 0. The van der Waals surface area contributed by atoms with Gasteiger partial charge in [-0.1, -0.05) is 18.2 Å². The van der Waals surface area contributed by atoms with Crippen LogP contribution in [0.25, 0.3) is 0 Å². The van der Waals surface area contributed by atoms with E-state index in [-0.39, 0.29) is 18.0 Å². The molecule has 0 aliphatic carbocycles. The molecular weight excluding hydrogens is 200 g/mol. The number of rotatable bonds is 2. The summed E-state index contributed by atoms with van der Waals surface area (Å²) in [6.07, 6.45) is 0.957. The molecule has 0 aromatic heterocycles. The molecule has 1 amide bonds. The second-order valence-electron chi connectivity index (χ2n) is 4.40. The van der Waals surface area contributed by atoms with Crippen molar-refractivity contribution in [3.05, 3.63) is 29.8 Å². The molecule has 1 aromatic carbocycles. The van der Waals surface area contributed by atoms with Gasteiger partial charge in [0.1, 0.15) is 0 Å². The standard InChI is InChI=1S/C13H18N2O/c1-9-8-11-6-4-5-7-12(11)15(9)13(16)10(2)14-3/h4-7,9-10,14H,8H2,1-3H3. The summed E-state index contributed by atoms with van der Waals surface area (Å²) in [5, 5.41) is 3.00. The number of nitrogens with zero attached hydrogens (tertiary/aromatic N) is 1. The Hall–Kier alpha value is -1.35. The molecule has 3 nitrogen and oxygen atoms in total. The molecule has 0 fully saturated rings. The molecule has 16 heavy (non-hydrogen) atoms. The molecule has 0 radical (unpaired) electrons. The van der Waals surface area contributed by atoms with Crippen LogP contribution in [-0.2, 0) is 11.2 Å². The van der Waals surface area contributed by atoms with Crippen LogP contribution in [0.5, 0.6) is 0 Å². The number of hydrogen-bond acceptors (Lipinski definition) is 2. The van der Waals surface area contributed by atoms with Crippen LogP contribution >= 0.6 is 0 Å². The molecule has 1 aliphatic rings. The second-order valence-corrected chi connectivity index (χ2v) is 4.40. The van der Waals surface area contributed by atoms with E-state index >= 15 is 0 Å². The highest BCUT2D eigenvalue weighted by atomic mass is 16.2. The lowest BCUT2D eigenvalue weighted by Crippen LogP contribution is -2.46. The Balaban J connectivity index is 2.32. The van der Waals surface area contributed by atoms with Crippen LogP contribution in [-0.4, -0.2) is 25.0 Å². The fraction of sp³-hybridized carbons (Fsp3) is 0.462. The van der Waals surface area contributed by atoms with E-state index in [1.165, 1.54) is 5.56 Å². The molecule has 0 saturated carbocycles. The summed E-state index contributed by atoms with van der Waals surface area (Å²) in [5.41, 5.74) is 2.34. The Kier molecular flexibility index (Phi) is 2.97. The number of anilines is 1. The molecule has 1 heterocycles. The molecule has 0 spiro atoms. The zero-order chi connectivity index (χ0) is 11.7. The van der Waals surface area contributed by atoms with Gasteiger partial charge in [-0.3, -0.25) is 4.79 Å². The predicted octanol–water partition coefficient (Wildman–Crippen LogP) is 1.57. The Morgan fingerprint density at radius 3 is 2.88 bits per heavy atom. The van der Waals surface area contributed by atoms with Gasteiger partial charge in [-0.25, -0.2) is 0 Å². The summed E-state index contributed by atoms with van der Waals surface area (Å²) >= 11 is 0. The normalized spacial score (nSPS) is 20.7. The third kappa shape index (κ3) is 1.71. The van der Waals surface area contributed by atoms with Crippen LogP contribution in [0.2, 0.25) is 0 Å². The topological polar surface area (TPSA) is 32.3 Å². The maximum Gasteiger partial charge on any atom is 0.244 e. The summed E-state index contributed by atoms with van der Waals surface area (Å²) in [6, 6.07) is 8.28. The SMILES string of the molecule is CNC(C)C(=O)N1c2ccccc2CC1C. The third-order valence-electron chi connectivity index (χ3n) is 3.25. The fourth-order valence-electron chi connectivity index (χ4n) is 2.23. The van der Waals surface area contributed by atoms with Crippen molar-refractivity contribution < 1.29 is 4.79 Å². The van der Waals surface area contributed by atoms with Gasteiger partial charge in [0, 0.05) is 11.7 Å². The first kappa shape index (κ1) is 11.1. The summed E-state index contributed by atoms with van der Waals surface area (Å²) in [4.78, 5) is 14.1. The van der Waals surface area contributed by atoms with Crippen LogP contribution in [0.1, 0.15) is 19.4 Å². The van der Waals surface area contributed by atoms with Crippen molar-refractivity contribution in [3.63, 3.8) is 0 Å². The second kappa shape index (κ2) is 4.26. The van der Waals surface area contributed by atoms with Gasteiger partial charge in [0.15, 0.2) is 0 Å². The molecule has 1 N–H and O–H groups in total. The molecule has 2 atom stereocenters. The zero-order valence-corrected chi connectivity index (χ0v) is 10.0. The molecule has 3 heteroatoms. The van der Waals surface area contributed by atoms with Crippen LogP contribution < -0.4 is 10.2 Å². The van der Waals surface area contributed by atoms with Crippen molar-refractivity contribution in [2.45, 2.75) is 32.4 Å². The molecular formula is C13H18N2O. The number of likely N-dealkylation sites (N-methyl/N-ethyl adjacent to an activating group) is 1. The van der Waals surface area contributed by atoms with Crippen molar-refractivity contribution in [1.82, 2.24) is 5.32 Å². The monoisotopic (exact) mass is 218 g/mol. The number of hydrogen-bond donors (Lipinski definition) is 1. The number of benzene rings is 1. The molecule has 0 bridgehead atoms. The van der Waals surface area contributed by atoms with Crippen molar-refractivity contribution >= 4 is 11.6 Å². The van der Waals surface area contributed by atoms with Crippen LogP contribution in [0.3, 0.4) is 0 Å². The van der Waals surface area contributed by atoms with Gasteiger partial charge in [0.2, 0.25) is 5.91 Å². The molecule has 0 saturated heterocycles. The number of para-hydroxylation sites is 1. The van der Waals surface area contributed by atoms with E-state index in [0.717, 1.165) is 12.1 Å². The van der Waals surface area contributed by atoms with E-state index in [0.29, 0.717) is 0 Å². The Labute approximate surface area is 96.5 Å². The average Bonchev–Trinajstić information content (AvgIpc) is 2.63. The summed E-state index contributed by atoms with van der Waals surface area (Å²) in [6.45, 7) is 4.00. The van der Waals surface area contributed by atoms with Crippen LogP contribution in [0.15, 0.2) is 24.3 Å². The smallest absolute Gasteiger partial charge is 0.244 e. The molecule has 2 unspecified atom stereocenters. The van der Waals surface area contributed by atoms with Gasteiger partial charge in [-0.05, 0) is 38.9 Å². The Morgan fingerprint density at radius 2 is 2.19 bits per heavy atom. The Bertz CT molecular complexity index is 403. The highest BCUT2D eigenvalue weighted by molar-refractivity contribution is 5.99. The molecule has 1 aliphatic heterocycles. The third-order valence-corrected chi connectivity index (χ3v) is 3.25. The summed E-state index contributed by atoms with van der Waals surface area (Å²) in [7, 11) is 1.81. The van der Waals surface area contributed by atoms with Gasteiger partial charge in [-0.2, -0.15) is 0 Å². The van der Waals surface area contributed by atoms with Crippen molar-refractivity contribution in [3.8, 4) is 0 Å². The van der Waals surface area contributed by atoms with E-state index in [1.807, 2.05) is 37.1 Å². The van der Waals surface area contributed by atoms with E-state index in [1.54, 1.807) is 0 Å². The minimum Gasteiger partial charge on any atom is -0.309 e. The maximum absolute atomic E-state index is 12.2. The lowest BCUT2D eigenvalue weighted by Gasteiger charge is -2.25. The fourth-order valence-corrected chi connectivity index (χ4v) is 2.23. The van der Waals surface area contributed by atoms with Crippen molar-refractivity contribution in [2.75, 3.05) is 11.9 Å². The first-order valence-corrected chi connectivity index (χ1v) is 5.73. The number of amides is 1. The summed E-state index contributed by atoms with van der Waals surface area (Å²) in [5.74, 6) is 0.153. The number of fused-ring (bicyclic) bond motifs is 1. The lowest BCUT2D eigenvalue weighted by atomic mass is 10.1. The highest BCUT2D eigenvalue weighted by Gasteiger charge is 2.32. The molecule has 1 aromatic rings. The largest absolute Gasteiger partial charge is 0.309 e. The molecule has 2 rings (SSSR count). The quantitative estimate of drug-likeness (QED) is 0.817. The lowest BCUT2D eigenvalue weighted by molar-refractivity contribution is -0.120. The number of carbonyl (C=O) groups is 1. The van der Waals surface area contributed by atoms with Crippen LogP contribution in [0, 0.1) is 0 Å². The number of nitrogens with one attached hydrogen (secondary N) is 1. The maximum atomic E-state index is 12.2. The van der Waals surface area contributed by atoms with E-state index < -0.39 is 0 Å². The van der Waals surface area contributed by atoms with Gasteiger partial charge < -0.3 is 10.2 Å². The highest BCUT2D eigenvalue weighted by Crippen LogP contribution is 2.32. The van der Waals surface area contributed by atoms with Gasteiger partial charge in [0.25, 0.3) is 0 Å². The zero-order valence-electron chi connectivity index (χ0n) is 10.0. The van der Waals surface area contributed by atoms with E-state index in [2.05, 4.69) is 18.3 Å². The van der Waals surface area contributed by atoms with Gasteiger partial charge in [0.05, 0.1) is 6.04 Å². The first-order chi connectivity index (χ1) is 7.65. The van der Waals surface area contributed by atoms with Crippen LogP contribution in [0.4, 0.5) is 5.69 Å². The minimum absolute atomic E-state index is 0.131. The first-order valence-electron chi connectivity index (χ1n) is 5.73. The van der Waals surface area contributed by atoms with E-state index in [9.17, 15) is 4.79 Å². The Morgan fingerprint density at radius 1 is 1.50 bits per heavy atom.